The van der Waals surface area contributed by atoms with E-state index in [1.807, 2.05) is 0 Å². The van der Waals surface area contributed by atoms with Crippen LogP contribution in [0, 0.1) is 10.1 Å². The van der Waals surface area contributed by atoms with Gasteiger partial charge in [-0.1, -0.05) is 47.5 Å². The van der Waals surface area contributed by atoms with E-state index in [0.717, 1.165) is 17.3 Å². The van der Waals surface area contributed by atoms with E-state index in [1.165, 1.54) is 30.3 Å². The summed E-state index contributed by atoms with van der Waals surface area (Å²) in [6.45, 7) is 2.67. The summed E-state index contributed by atoms with van der Waals surface area (Å²) in [6, 6.07) is 19.4. The molecule has 0 heterocycles. The first-order chi connectivity index (χ1) is 16.9. The van der Waals surface area contributed by atoms with Gasteiger partial charge in [-0.3, -0.25) is 19.7 Å². The maximum atomic E-state index is 13.0. The Labute approximate surface area is 211 Å². The van der Waals surface area contributed by atoms with Crippen LogP contribution < -0.4 is 15.4 Å². The minimum absolute atomic E-state index is 0.0212. The zero-order valence-corrected chi connectivity index (χ0v) is 20.6. The van der Waals surface area contributed by atoms with Crippen molar-refractivity contribution in [1.29, 1.82) is 0 Å². The van der Waals surface area contributed by atoms with Gasteiger partial charge in [-0.15, -0.1) is 0 Å². The molecular formula is C26H24BrN3O5. The topological polar surface area (TPSA) is 111 Å². The number of nitro groups is 1. The average Bonchev–Trinajstić information content (AvgIpc) is 2.85. The van der Waals surface area contributed by atoms with Gasteiger partial charge in [0.2, 0.25) is 0 Å². The molecule has 0 unspecified atom stereocenters. The lowest BCUT2D eigenvalue weighted by Crippen LogP contribution is -2.30. The minimum atomic E-state index is -0.624. The lowest BCUT2D eigenvalue weighted by molar-refractivity contribution is -0.384. The third-order valence-corrected chi connectivity index (χ3v) is 5.40. The predicted octanol–water partition coefficient (Wildman–Crippen LogP) is 5.95. The van der Waals surface area contributed by atoms with E-state index in [1.54, 1.807) is 48.5 Å². The van der Waals surface area contributed by atoms with E-state index in [-0.39, 0.29) is 17.1 Å². The second-order valence-electron chi connectivity index (χ2n) is 7.55. The molecule has 3 rings (SSSR count). The Balaban J connectivity index is 1.81. The highest BCUT2D eigenvalue weighted by Gasteiger charge is 2.16. The van der Waals surface area contributed by atoms with E-state index in [2.05, 4.69) is 33.5 Å². The zero-order valence-electron chi connectivity index (χ0n) is 19.0. The molecule has 0 bridgehead atoms. The standard InChI is InChI=1S/C26H24BrN3O5/c1-2-3-15-35-23-13-9-19(10-14-23)25(31)29-24(16-18-7-11-20(27)12-8-18)26(32)28-21-5-4-6-22(17-21)30(33)34/h4-14,16-17H,2-3,15H2,1H3,(H,28,32)(H,29,31)/b24-16-. The van der Waals surface area contributed by atoms with Crippen LogP contribution >= 0.6 is 15.9 Å². The third kappa shape index (κ3) is 7.79. The van der Waals surface area contributed by atoms with Crippen molar-refractivity contribution in [2.24, 2.45) is 0 Å². The van der Waals surface area contributed by atoms with Crippen molar-refractivity contribution in [3.05, 3.63) is 104 Å². The van der Waals surface area contributed by atoms with Crippen LogP contribution in [0.15, 0.2) is 83.0 Å². The normalized spacial score (nSPS) is 11.0. The SMILES string of the molecule is CCCCOc1ccc(C(=O)N/C(=C\c2ccc(Br)cc2)C(=O)Nc2cccc([N+](=O)[O-])c2)cc1. The van der Waals surface area contributed by atoms with Crippen molar-refractivity contribution >= 4 is 45.2 Å². The van der Waals surface area contributed by atoms with E-state index in [0.29, 0.717) is 23.5 Å². The molecule has 8 nitrogen and oxygen atoms in total. The number of anilines is 1. The van der Waals surface area contributed by atoms with Crippen LogP contribution in [-0.2, 0) is 4.79 Å². The Kier molecular flexibility index (Phi) is 9.14. The van der Waals surface area contributed by atoms with Gasteiger partial charge in [0.25, 0.3) is 17.5 Å². The van der Waals surface area contributed by atoms with Crippen molar-refractivity contribution in [2.75, 3.05) is 11.9 Å². The molecule has 2 N–H and O–H groups in total. The monoisotopic (exact) mass is 537 g/mol. The number of nitro benzene ring substituents is 1. The number of carbonyl (C=O) groups is 2. The summed E-state index contributed by atoms with van der Waals surface area (Å²) in [6.07, 6.45) is 3.48. The number of nitrogens with zero attached hydrogens (tertiary/aromatic N) is 1. The lowest BCUT2D eigenvalue weighted by Gasteiger charge is -2.12. The number of benzene rings is 3. The summed E-state index contributed by atoms with van der Waals surface area (Å²) in [5.74, 6) is -0.451. The molecule has 0 fully saturated rings. The van der Waals surface area contributed by atoms with Gasteiger partial charge in [0.1, 0.15) is 11.4 Å². The highest BCUT2D eigenvalue weighted by Crippen LogP contribution is 2.19. The fourth-order valence-corrected chi connectivity index (χ4v) is 3.28. The molecule has 0 radical (unpaired) electrons. The van der Waals surface area contributed by atoms with Crippen LogP contribution in [0.25, 0.3) is 6.08 Å². The number of ether oxygens (including phenoxy) is 1. The molecule has 0 spiro atoms. The van der Waals surface area contributed by atoms with Crippen LogP contribution in [0.1, 0.15) is 35.7 Å². The molecule has 0 aliphatic carbocycles. The zero-order chi connectivity index (χ0) is 25.2. The second-order valence-corrected chi connectivity index (χ2v) is 8.47. The van der Waals surface area contributed by atoms with Crippen molar-refractivity contribution < 1.29 is 19.2 Å². The lowest BCUT2D eigenvalue weighted by atomic mass is 10.1. The Hall–Kier alpha value is -3.98. The predicted molar refractivity (Wildman–Crippen MR) is 138 cm³/mol. The number of nitrogens with one attached hydrogen (secondary N) is 2. The van der Waals surface area contributed by atoms with E-state index < -0.39 is 16.7 Å². The smallest absolute Gasteiger partial charge is 0.272 e. The fraction of sp³-hybridized carbons (Fsp3) is 0.154. The number of amides is 2. The maximum Gasteiger partial charge on any atom is 0.272 e. The summed E-state index contributed by atoms with van der Waals surface area (Å²) >= 11 is 3.36. The number of unbranched alkanes of at least 4 members (excludes halogenated alkanes) is 1. The second kappa shape index (κ2) is 12.5. The molecule has 2 amide bonds. The molecule has 9 heteroatoms. The van der Waals surface area contributed by atoms with E-state index >= 15 is 0 Å². The molecule has 0 aliphatic rings. The first-order valence-electron chi connectivity index (χ1n) is 10.9. The van der Waals surface area contributed by atoms with Crippen LogP contribution in [0.3, 0.4) is 0 Å². The van der Waals surface area contributed by atoms with Gasteiger partial charge in [-0.2, -0.15) is 0 Å². The summed E-state index contributed by atoms with van der Waals surface area (Å²) in [4.78, 5) is 36.4. The molecule has 35 heavy (non-hydrogen) atoms. The van der Waals surface area contributed by atoms with Gasteiger partial charge in [0.15, 0.2) is 0 Å². The van der Waals surface area contributed by atoms with Crippen molar-refractivity contribution in [2.45, 2.75) is 19.8 Å². The molecule has 0 atom stereocenters. The van der Waals surface area contributed by atoms with Crippen LogP contribution in [0.5, 0.6) is 5.75 Å². The van der Waals surface area contributed by atoms with Crippen molar-refractivity contribution in [1.82, 2.24) is 5.32 Å². The molecule has 3 aromatic rings. The third-order valence-electron chi connectivity index (χ3n) is 4.87. The Morgan fingerprint density at radius 1 is 1.06 bits per heavy atom. The largest absolute Gasteiger partial charge is 0.494 e. The van der Waals surface area contributed by atoms with Gasteiger partial charge >= 0.3 is 0 Å². The molecular weight excluding hydrogens is 514 g/mol. The first-order valence-corrected chi connectivity index (χ1v) is 11.7. The average molecular weight is 538 g/mol. The van der Waals surface area contributed by atoms with Crippen molar-refractivity contribution in [3.63, 3.8) is 0 Å². The highest BCUT2D eigenvalue weighted by atomic mass is 79.9. The number of hydrogen-bond donors (Lipinski definition) is 2. The molecule has 0 aromatic heterocycles. The first kappa shape index (κ1) is 25.6. The highest BCUT2D eigenvalue weighted by molar-refractivity contribution is 9.10. The van der Waals surface area contributed by atoms with Crippen LogP contribution in [0.4, 0.5) is 11.4 Å². The van der Waals surface area contributed by atoms with Gasteiger partial charge in [-0.25, -0.2) is 0 Å². The Morgan fingerprint density at radius 3 is 2.43 bits per heavy atom. The van der Waals surface area contributed by atoms with Crippen molar-refractivity contribution in [3.8, 4) is 5.75 Å². The number of carbonyl (C=O) groups excluding carboxylic acids is 2. The van der Waals surface area contributed by atoms with E-state index in [9.17, 15) is 19.7 Å². The molecule has 0 saturated carbocycles. The number of halogens is 1. The van der Waals surface area contributed by atoms with Gasteiger partial charge in [-0.05, 0) is 60.5 Å². The van der Waals surface area contributed by atoms with E-state index in [4.69, 9.17) is 4.74 Å². The quantitative estimate of drug-likeness (QED) is 0.144. The van der Waals surface area contributed by atoms with Gasteiger partial charge in [0, 0.05) is 27.9 Å². The van der Waals surface area contributed by atoms with Crippen LogP contribution in [0.2, 0.25) is 0 Å². The summed E-state index contributed by atoms with van der Waals surface area (Å²) in [5, 5.41) is 16.3. The molecule has 180 valence electrons. The number of non-ortho nitro benzene ring substituents is 1. The number of hydrogen-bond acceptors (Lipinski definition) is 5. The van der Waals surface area contributed by atoms with Gasteiger partial charge in [0.05, 0.1) is 11.5 Å². The minimum Gasteiger partial charge on any atom is -0.494 e. The summed E-state index contributed by atoms with van der Waals surface area (Å²) < 4.78 is 6.49. The Morgan fingerprint density at radius 2 is 1.77 bits per heavy atom. The fourth-order valence-electron chi connectivity index (χ4n) is 3.01. The Bertz CT molecular complexity index is 1220. The molecule has 0 saturated heterocycles. The maximum absolute atomic E-state index is 13.0. The summed E-state index contributed by atoms with van der Waals surface area (Å²) in [5.41, 5.74) is 1.07. The molecule has 3 aromatic carbocycles. The van der Waals surface area contributed by atoms with Crippen LogP contribution in [-0.4, -0.2) is 23.3 Å². The summed E-state index contributed by atoms with van der Waals surface area (Å²) in [7, 11) is 0. The number of rotatable bonds is 10. The molecule has 0 aliphatic heterocycles. The van der Waals surface area contributed by atoms with Gasteiger partial charge < -0.3 is 15.4 Å².